The Balaban J connectivity index is 1.45. The van der Waals surface area contributed by atoms with Gasteiger partial charge in [0, 0.05) is 35.9 Å². The lowest BCUT2D eigenvalue weighted by atomic mass is 10.0. The normalized spacial score (nSPS) is 13.1. The molecule has 4 N–H and O–H groups in total. The maximum absolute atomic E-state index is 11.7. The molecule has 0 saturated carbocycles. The average molecular weight is 468 g/mol. The first kappa shape index (κ1) is 22.3. The minimum absolute atomic E-state index is 0.262. The predicted octanol–water partition coefficient (Wildman–Crippen LogP) is 3.95. The third-order valence-corrected chi connectivity index (χ3v) is 5.67. The van der Waals surface area contributed by atoms with E-state index < -0.39 is 0 Å². The second-order valence-electron chi connectivity index (χ2n) is 8.09. The van der Waals surface area contributed by atoms with Gasteiger partial charge in [-0.05, 0) is 35.9 Å². The number of amides is 1. The standard InChI is InChI=1S/C26H25N7O2/c1-3-23(34)30-18-8-4-6-16(12-18)20-9-5-7-17-13-28-26(33-24(17)20)31-21-10-11-22(32-25(21)35-2)29-19-14-27-15-19/h3-13,19,27H,1,14-15H2,2H3,(H,29,32)(H,30,34)(H,28,31,33). The number of methoxy groups -OCH3 is 1. The molecule has 0 spiro atoms. The van der Waals surface area contributed by atoms with Crippen LogP contribution in [0.1, 0.15) is 0 Å². The zero-order valence-corrected chi connectivity index (χ0v) is 19.2. The lowest BCUT2D eigenvalue weighted by Crippen LogP contribution is -2.51. The number of nitrogens with one attached hydrogen (secondary N) is 4. The van der Waals surface area contributed by atoms with E-state index >= 15 is 0 Å². The first-order valence-electron chi connectivity index (χ1n) is 11.2. The van der Waals surface area contributed by atoms with Gasteiger partial charge in [-0.25, -0.2) is 9.97 Å². The molecule has 0 atom stereocenters. The number of anilines is 4. The van der Waals surface area contributed by atoms with Gasteiger partial charge in [0.05, 0.1) is 18.7 Å². The maximum atomic E-state index is 11.7. The number of pyridine rings is 1. The van der Waals surface area contributed by atoms with Crippen LogP contribution >= 0.6 is 0 Å². The number of carbonyl (C=O) groups is 1. The molecule has 1 amide bonds. The van der Waals surface area contributed by atoms with Crippen LogP contribution in [0.25, 0.3) is 22.0 Å². The Hall–Kier alpha value is -4.50. The van der Waals surface area contributed by atoms with Crippen molar-refractivity contribution in [3.05, 3.63) is 73.4 Å². The highest BCUT2D eigenvalue weighted by Gasteiger charge is 2.18. The summed E-state index contributed by atoms with van der Waals surface area (Å²) in [5.41, 5.74) is 3.96. The van der Waals surface area contributed by atoms with Crippen molar-refractivity contribution in [1.82, 2.24) is 20.3 Å². The molecule has 1 fully saturated rings. The predicted molar refractivity (Wildman–Crippen MR) is 138 cm³/mol. The van der Waals surface area contributed by atoms with E-state index in [1.165, 1.54) is 6.08 Å². The second-order valence-corrected chi connectivity index (χ2v) is 8.09. The number of hydrogen-bond acceptors (Lipinski definition) is 8. The minimum atomic E-state index is -0.262. The molecule has 0 unspecified atom stereocenters. The molecule has 0 aliphatic carbocycles. The Labute approximate surface area is 202 Å². The highest BCUT2D eigenvalue weighted by molar-refractivity contribution is 6.00. The average Bonchev–Trinajstić information content (AvgIpc) is 2.86. The minimum Gasteiger partial charge on any atom is -0.479 e. The molecule has 9 nitrogen and oxygen atoms in total. The molecular formula is C26H25N7O2. The Kier molecular flexibility index (Phi) is 6.23. The smallest absolute Gasteiger partial charge is 0.247 e. The van der Waals surface area contributed by atoms with Crippen LogP contribution in [0, 0.1) is 0 Å². The van der Waals surface area contributed by atoms with Crippen LogP contribution in [0.5, 0.6) is 5.88 Å². The molecule has 35 heavy (non-hydrogen) atoms. The SMILES string of the molecule is C=CC(=O)Nc1cccc(-c2cccc3cnc(Nc4ccc(NC5CNC5)nc4OC)nc23)c1. The number of benzene rings is 2. The van der Waals surface area contributed by atoms with Crippen molar-refractivity contribution >= 4 is 40.0 Å². The van der Waals surface area contributed by atoms with Gasteiger partial charge in [-0.1, -0.05) is 36.9 Å². The van der Waals surface area contributed by atoms with Crippen molar-refractivity contribution < 1.29 is 9.53 Å². The fourth-order valence-corrected chi connectivity index (χ4v) is 3.80. The van der Waals surface area contributed by atoms with E-state index in [1.807, 2.05) is 54.6 Å². The molecule has 2 aromatic heterocycles. The number of para-hydroxylation sites is 1. The number of aromatic nitrogens is 3. The van der Waals surface area contributed by atoms with Crippen molar-refractivity contribution in [2.75, 3.05) is 36.1 Å². The number of rotatable bonds is 8. The molecule has 1 aliphatic heterocycles. The topological polar surface area (TPSA) is 113 Å². The van der Waals surface area contributed by atoms with Gasteiger partial charge in [0.15, 0.2) is 0 Å². The molecule has 2 aromatic carbocycles. The van der Waals surface area contributed by atoms with Crippen molar-refractivity contribution in [3.63, 3.8) is 0 Å². The summed E-state index contributed by atoms with van der Waals surface area (Å²) in [6.45, 7) is 5.34. The molecule has 4 aromatic rings. The Morgan fingerprint density at radius 1 is 1.14 bits per heavy atom. The van der Waals surface area contributed by atoms with Crippen LogP contribution in [0.3, 0.4) is 0 Å². The van der Waals surface area contributed by atoms with Gasteiger partial charge in [0.25, 0.3) is 0 Å². The van der Waals surface area contributed by atoms with Gasteiger partial charge >= 0.3 is 0 Å². The van der Waals surface area contributed by atoms with Gasteiger partial charge < -0.3 is 26.0 Å². The first-order chi connectivity index (χ1) is 17.1. The summed E-state index contributed by atoms with van der Waals surface area (Å²) in [6, 6.07) is 17.7. The molecular weight excluding hydrogens is 442 g/mol. The van der Waals surface area contributed by atoms with Crippen molar-refractivity contribution in [3.8, 4) is 17.0 Å². The summed E-state index contributed by atoms with van der Waals surface area (Å²) in [5, 5.41) is 13.5. The van der Waals surface area contributed by atoms with Gasteiger partial charge in [-0.15, -0.1) is 0 Å². The van der Waals surface area contributed by atoms with E-state index in [-0.39, 0.29) is 5.91 Å². The van der Waals surface area contributed by atoms with Crippen LogP contribution in [-0.2, 0) is 4.79 Å². The zero-order valence-electron chi connectivity index (χ0n) is 19.2. The molecule has 1 aliphatic rings. The zero-order chi connectivity index (χ0) is 24.2. The van der Waals surface area contributed by atoms with E-state index in [0.717, 1.165) is 40.9 Å². The summed E-state index contributed by atoms with van der Waals surface area (Å²) >= 11 is 0. The van der Waals surface area contributed by atoms with E-state index in [4.69, 9.17) is 9.72 Å². The molecule has 3 heterocycles. The highest BCUT2D eigenvalue weighted by Crippen LogP contribution is 2.31. The summed E-state index contributed by atoms with van der Waals surface area (Å²) in [4.78, 5) is 25.5. The first-order valence-corrected chi connectivity index (χ1v) is 11.2. The number of ether oxygens (including phenoxy) is 1. The van der Waals surface area contributed by atoms with E-state index in [9.17, 15) is 4.79 Å². The molecule has 0 bridgehead atoms. The van der Waals surface area contributed by atoms with Gasteiger partial charge in [-0.3, -0.25) is 4.79 Å². The molecule has 5 rings (SSSR count). The lowest BCUT2D eigenvalue weighted by Gasteiger charge is -2.28. The number of hydrogen-bond donors (Lipinski definition) is 4. The molecule has 9 heteroatoms. The number of nitrogens with zero attached hydrogens (tertiary/aromatic N) is 3. The summed E-state index contributed by atoms with van der Waals surface area (Å²) in [7, 11) is 1.58. The largest absolute Gasteiger partial charge is 0.479 e. The lowest BCUT2D eigenvalue weighted by molar-refractivity contribution is -0.111. The monoisotopic (exact) mass is 467 g/mol. The third kappa shape index (κ3) is 4.90. The Bertz CT molecular complexity index is 1400. The number of carbonyl (C=O) groups excluding carboxylic acids is 1. The maximum Gasteiger partial charge on any atom is 0.247 e. The van der Waals surface area contributed by atoms with E-state index in [0.29, 0.717) is 29.2 Å². The molecule has 176 valence electrons. The quantitative estimate of drug-likeness (QED) is 0.288. The molecule has 1 saturated heterocycles. The Morgan fingerprint density at radius 3 is 2.77 bits per heavy atom. The third-order valence-electron chi connectivity index (χ3n) is 5.67. The van der Waals surface area contributed by atoms with Crippen molar-refractivity contribution in [1.29, 1.82) is 0 Å². The van der Waals surface area contributed by atoms with Gasteiger partial charge in [0.1, 0.15) is 11.5 Å². The van der Waals surface area contributed by atoms with Crippen LogP contribution in [0.4, 0.5) is 23.1 Å². The summed E-state index contributed by atoms with van der Waals surface area (Å²) < 4.78 is 5.50. The van der Waals surface area contributed by atoms with E-state index in [2.05, 4.69) is 37.8 Å². The Morgan fingerprint density at radius 2 is 2.00 bits per heavy atom. The van der Waals surface area contributed by atoms with Crippen LogP contribution in [0.2, 0.25) is 0 Å². The van der Waals surface area contributed by atoms with E-state index in [1.54, 1.807) is 13.3 Å². The van der Waals surface area contributed by atoms with Gasteiger partial charge in [0.2, 0.25) is 17.7 Å². The van der Waals surface area contributed by atoms with Crippen molar-refractivity contribution in [2.24, 2.45) is 0 Å². The van der Waals surface area contributed by atoms with Crippen LogP contribution in [-0.4, -0.2) is 47.1 Å². The summed E-state index contributed by atoms with van der Waals surface area (Å²) in [6.07, 6.45) is 3.02. The van der Waals surface area contributed by atoms with Crippen LogP contribution in [0.15, 0.2) is 73.4 Å². The van der Waals surface area contributed by atoms with Gasteiger partial charge in [-0.2, -0.15) is 4.98 Å². The second kappa shape index (κ2) is 9.78. The van der Waals surface area contributed by atoms with Crippen LogP contribution < -0.4 is 26.0 Å². The summed E-state index contributed by atoms with van der Waals surface area (Å²) in [5.74, 6) is 1.36. The molecule has 0 radical (unpaired) electrons. The fraction of sp³-hybridized carbons (Fsp3) is 0.154. The van der Waals surface area contributed by atoms with Crippen molar-refractivity contribution in [2.45, 2.75) is 6.04 Å². The highest BCUT2D eigenvalue weighted by atomic mass is 16.5. The fourth-order valence-electron chi connectivity index (χ4n) is 3.80. The number of fused-ring (bicyclic) bond motifs is 1.